The number of carboxylic acids is 1. The molecule has 0 atom stereocenters. The quantitative estimate of drug-likeness (QED) is 0.737. The lowest BCUT2D eigenvalue weighted by Gasteiger charge is -2.03. The number of rotatable bonds is 6. The summed E-state index contributed by atoms with van der Waals surface area (Å²) in [6, 6.07) is 10.7. The molecule has 0 spiro atoms. The van der Waals surface area contributed by atoms with Crippen LogP contribution >= 0.6 is 0 Å². The van der Waals surface area contributed by atoms with Crippen molar-refractivity contribution in [3.8, 4) is 29.1 Å². The van der Waals surface area contributed by atoms with Crippen LogP contribution < -0.4 is 9.84 Å². The van der Waals surface area contributed by atoms with Crippen molar-refractivity contribution in [1.82, 2.24) is 9.78 Å². The van der Waals surface area contributed by atoms with Gasteiger partial charge in [-0.05, 0) is 30.3 Å². The number of nitriles is 2. The van der Waals surface area contributed by atoms with E-state index in [4.69, 9.17) is 15.3 Å². The molecule has 0 bridgehead atoms. The number of carbonyl (C=O) groups excluding carboxylic acids is 1. The van der Waals surface area contributed by atoms with Gasteiger partial charge in [0, 0.05) is 36.3 Å². The third kappa shape index (κ3) is 3.99. The lowest BCUT2D eigenvalue weighted by Crippen LogP contribution is -2.23. The van der Waals surface area contributed by atoms with E-state index >= 15 is 0 Å². The Labute approximate surface area is 138 Å². The minimum atomic E-state index is -1.18. The summed E-state index contributed by atoms with van der Waals surface area (Å²) in [5.74, 6) is -0.495. The van der Waals surface area contributed by atoms with Gasteiger partial charge in [-0.2, -0.15) is 15.6 Å². The first kappa shape index (κ1) is 16.8. The van der Waals surface area contributed by atoms with Crippen molar-refractivity contribution in [2.75, 3.05) is 7.11 Å². The predicted molar refractivity (Wildman–Crippen MR) is 83.0 cm³/mol. The molecule has 0 aliphatic rings. The van der Waals surface area contributed by atoms with E-state index in [1.165, 1.54) is 10.8 Å². The summed E-state index contributed by atoms with van der Waals surface area (Å²) in [7, 11) is 1.56. The minimum absolute atomic E-state index is 0.0655. The van der Waals surface area contributed by atoms with Crippen LogP contribution in [0.4, 0.5) is 0 Å². The summed E-state index contributed by atoms with van der Waals surface area (Å²) in [5, 5.41) is 32.8. The molecule has 7 heteroatoms. The molecule has 2 aromatic rings. The molecule has 0 unspecified atom stereocenters. The molecule has 1 aromatic heterocycles. The Morgan fingerprint density at radius 2 is 2.00 bits per heavy atom. The van der Waals surface area contributed by atoms with Crippen LogP contribution in [0.15, 0.2) is 36.0 Å². The Hall–Kier alpha value is -3.58. The number of methoxy groups -OCH3 is 1. The number of hydrogen-bond donors (Lipinski definition) is 0. The summed E-state index contributed by atoms with van der Waals surface area (Å²) >= 11 is 0. The van der Waals surface area contributed by atoms with Gasteiger partial charge in [-0.25, -0.2) is 0 Å². The van der Waals surface area contributed by atoms with Crippen LogP contribution in [0.3, 0.4) is 0 Å². The maximum atomic E-state index is 10.6. The molecule has 2 rings (SSSR count). The van der Waals surface area contributed by atoms with Gasteiger partial charge >= 0.3 is 0 Å². The van der Waals surface area contributed by atoms with E-state index in [9.17, 15) is 9.90 Å². The van der Waals surface area contributed by atoms with Gasteiger partial charge in [-0.3, -0.25) is 4.68 Å². The monoisotopic (exact) mass is 321 g/mol. The van der Waals surface area contributed by atoms with Gasteiger partial charge in [0.15, 0.2) is 0 Å². The van der Waals surface area contributed by atoms with Crippen LogP contribution in [0.5, 0.6) is 5.75 Å². The lowest BCUT2D eigenvalue weighted by molar-refractivity contribution is -0.306. The third-order valence-corrected chi connectivity index (χ3v) is 3.24. The van der Waals surface area contributed by atoms with Crippen molar-refractivity contribution < 1.29 is 14.6 Å². The molecule has 0 fully saturated rings. The second-order valence-corrected chi connectivity index (χ2v) is 4.83. The van der Waals surface area contributed by atoms with Crippen molar-refractivity contribution in [2.45, 2.75) is 13.0 Å². The highest BCUT2D eigenvalue weighted by atomic mass is 16.5. The van der Waals surface area contributed by atoms with Gasteiger partial charge < -0.3 is 14.6 Å². The fourth-order valence-corrected chi connectivity index (χ4v) is 2.08. The highest BCUT2D eigenvalue weighted by molar-refractivity contribution is 5.75. The minimum Gasteiger partial charge on any atom is -0.550 e. The van der Waals surface area contributed by atoms with Gasteiger partial charge in [0.2, 0.25) is 0 Å². The molecule has 120 valence electrons. The number of hydrogen-bond acceptors (Lipinski definition) is 6. The maximum absolute atomic E-state index is 10.6. The van der Waals surface area contributed by atoms with Crippen LogP contribution in [0, 0.1) is 22.7 Å². The predicted octanol–water partition coefficient (Wildman–Crippen LogP) is 1.13. The van der Waals surface area contributed by atoms with Crippen LogP contribution in [-0.2, 0) is 11.3 Å². The second-order valence-electron chi connectivity index (χ2n) is 4.83. The molecule has 0 saturated heterocycles. The molecule has 7 nitrogen and oxygen atoms in total. The summed E-state index contributed by atoms with van der Waals surface area (Å²) in [4.78, 5) is 10.6. The van der Waals surface area contributed by atoms with E-state index in [0.717, 1.165) is 5.56 Å². The van der Waals surface area contributed by atoms with Gasteiger partial charge in [-0.1, -0.05) is 0 Å². The van der Waals surface area contributed by atoms with Crippen molar-refractivity contribution in [2.24, 2.45) is 0 Å². The molecular weight excluding hydrogens is 308 g/mol. The standard InChI is InChI=1S/C17H14N4O3/c1-24-15-4-2-13(3-5-15)17-14(8-12(9-18)10-19)11-21(20-17)7-6-16(22)23/h2-5,8,11H,6-7H2,1H3,(H,22,23)/p-1. The Balaban J connectivity index is 2.46. The zero-order chi connectivity index (χ0) is 17.5. The average Bonchev–Trinajstić information content (AvgIpc) is 3.00. The highest BCUT2D eigenvalue weighted by Crippen LogP contribution is 2.26. The fraction of sp³-hybridized carbons (Fsp3) is 0.176. The van der Waals surface area contributed by atoms with Crippen LogP contribution in [0.2, 0.25) is 0 Å². The Morgan fingerprint density at radius 3 is 2.54 bits per heavy atom. The number of allylic oxidation sites excluding steroid dienone is 1. The Kier molecular flexibility index (Phi) is 5.32. The van der Waals surface area contributed by atoms with Crippen LogP contribution in [0.25, 0.3) is 17.3 Å². The van der Waals surface area contributed by atoms with Gasteiger partial charge in [0.05, 0.1) is 12.8 Å². The smallest absolute Gasteiger partial charge is 0.130 e. The summed E-state index contributed by atoms with van der Waals surface area (Å²) in [6.45, 7) is 0.133. The van der Waals surface area contributed by atoms with Crippen molar-refractivity contribution in [3.05, 3.63) is 41.6 Å². The molecule has 1 heterocycles. The normalized spacial score (nSPS) is 9.62. The molecule has 0 aliphatic carbocycles. The first-order chi connectivity index (χ1) is 11.6. The van der Waals surface area contributed by atoms with Crippen LogP contribution in [0.1, 0.15) is 12.0 Å². The topological polar surface area (TPSA) is 115 Å². The number of nitrogens with zero attached hydrogens (tertiary/aromatic N) is 4. The van der Waals surface area contributed by atoms with E-state index in [0.29, 0.717) is 17.0 Å². The Morgan fingerprint density at radius 1 is 1.33 bits per heavy atom. The van der Waals surface area contributed by atoms with E-state index in [2.05, 4.69) is 5.10 Å². The number of carbonyl (C=O) groups is 1. The molecule has 1 aromatic carbocycles. The van der Waals surface area contributed by atoms with Crippen LogP contribution in [-0.4, -0.2) is 22.9 Å². The first-order valence-electron chi connectivity index (χ1n) is 7.01. The number of carboxylic acid groups (broad SMARTS) is 1. The number of ether oxygens (including phenoxy) is 1. The summed E-state index contributed by atoms with van der Waals surface area (Å²) in [6.07, 6.45) is 2.83. The number of aromatic nitrogens is 2. The van der Waals surface area contributed by atoms with E-state index in [1.807, 2.05) is 0 Å². The van der Waals surface area contributed by atoms with Gasteiger partial charge in [0.25, 0.3) is 0 Å². The van der Waals surface area contributed by atoms with Crippen molar-refractivity contribution in [1.29, 1.82) is 10.5 Å². The van der Waals surface area contributed by atoms with Gasteiger partial charge in [0.1, 0.15) is 23.5 Å². The van der Waals surface area contributed by atoms with E-state index in [1.54, 1.807) is 49.7 Å². The van der Waals surface area contributed by atoms with Gasteiger partial charge in [-0.15, -0.1) is 0 Å². The largest absolute Gasteiger partial charge is 0.550 e. The molecule has 0 N–H and O–H groups in total. The SMILES string of the molecule is COc1ccc(-c2nn(CCC(=O)[O-])cc2C=C(C#N)C#N)cc1. The molecular formula is C17H13N4O3-. The molecule has 0 aliphatic heterocycles. The molecule has 24 heavy (non-hydrogen) atoms. The molecule has 0 saturated carbocycles. The number of aryl methyl sites for hydroxylation is 1. The average molecular weight is 321 g/mol. The second kappa shape index (κ2) is 7.61. The van der Waals surface area contributed by atoms with Crippen molar-refractivity contribution in [3.63, 3.8) is 0 Å². The molecule has 0 amide bonds. The van der Waals surface area contributed by atoms with Crippen molar-refractivity contribution >= 4 is 12.0 Å². The molecule has 0 radical (unpaired) electrons. The van der Waals surface area contributed by atoms with E-state index < -0.39 is 5.97 Å². The summed E-state index contributed by atoms with van der Waals surface area (Å²) in [5.41, 5.74) is 1.78. The zero-order valence-electron chi connectivity index (χ0n) is 12.9. The Bertz CT molecular complexity index is 835. The fourth-order valence-electron chi connectivity index (χ4n) is 2.08. The maximum Gasteiger partial charge on any atom is 0.130 e. The lowest BCUT2D eigenvalue weighted by atomic mass is 10.1. The van der Waals surface area contributed by atoms with E-state index in [-0.39, 0.29) is 18.5 Å². The highest BCUT2D eigenvalue weighted by Gasteiger charge is 2.11. The summed E-state index contributed by atoms with van der Waals surface area (Å²) < 4.78 is 6.56. The third-order valence-electron chi connectivity index (χ3n) is 3.24. The number of aliphatic carboxylic acids is 1. The zero-order valence-corrected chi connectivity index (χ0v) is 12.9. The number of benzene rings is 1. The first-order valence-corrected chi connectivity index (χ1v) is 7.01.